The van der Waals surface area contributed by atoms with Gasteiger partial charge in [-0.1, -0.05) is 18.2 Å². The van der Waals surface area contributed by atoms with Crippen molar-refractivity contribution in [2.45, 2.75) is 38.2 Å². The van der Waals surface area contributed by atoms with Crippen molar-refractivity contribution >= 4 is 17.6 Å². The van der Waals surface area contributed by atoms with Gasteiger partial charge in [-0.3, -0.25) is 4.79 Å². The van der Waals surface area contributed by atoms with Crippen LogP contribution in [0.3, 0.4) is 0 Å². The van der Waals surface area contributed by atoms with Crippen molar-refractivity contribution in [2.75, 3.05) is 39.2 Å². The zero-order valence-electron chi connectivity index (χ0n) is 26.5. The van der Waals surface area contributed by atoms with Gasteiger partial charge in [0, 0.05) is 30.0 Å². The van der Waals surface area contributed by atoms with Gasteiger partial charge in [0.2, 0.25) is 5.91 Å². The molecule has 0 spiro atoms. The van der Waals surface area contributed by atoms with E-state index in [9.17, 15) is 14.7 Å². The zero-order valence-corrected chi connectivity index (χ0v) is 26.5. The molecule has 1 aliphatic rings. The summed E-state index contributed by atoms with van der Waals surface area (Å²) in [6.07, 6.45) is 3.64. The molecule has 1 atom stereocenters. The Balaban J connectivity index is 1.44. The van der Waals surface area contributed by atoms with Gasteiger partial charge in [0.1, 0.15) is 23.9 Å². The van der Waals surface area contributed by atoms with Gasteiger partial charge >= 0.3 is 5.97 Å². The molecule has 0 aliphatic carbocycles. The van der Waals surface area contributed by atoms with E-state index in [1.54, 1.807) is 61.7 Å². The third-order valence-electron chi connectivity index (χ3n) is 7.92. The largest absolute Gasteiger partial charge is 0.497 e. The second kappa shape index (κ2) is 16.1. The fourth-order valence-electron chi connectivity index (χ4n) is 5.41. The number of carbonyl (C=O) groups excluding carboxylic acids is 1. The van der Waals surface area contributed by atoms with Crippen molar-refractivity contribution in [3.05, 3.63) is 101 Å². The molecule has 1 unspecified atom stereocenters. The Labute approximate surface area is 273 Å². The number of methoxy groups -OCH3 is 1. The summed E-state index contributed by atoms with van der Waals surface area (Å²) >= 11 is 0. The quantitative estimate of drug-likeness (QED) is 0.136. The highest BCUT2D eigenvalue weighted by molar-refractivity contribution is 5.92. The highest BCUT2D eigenvalue weighted by Gasteiger charge is 2.20. The van der Waals surface area contributed by atoms with Crippen LogP contribution < -0.4 is 24.8 Å². The van der Waals surface area contributed by atoms with E-state index in [4.69, 9.17) is 18.9 Å². The van der Waals surface area contributed by atoms with Gasteiger partial charge in [0.15, 0.2) is 11.5 Å². The summed E-state index contributed by atoms with van der Waals surface area (Å²) < 4.78 is 39.1. The number of carbonyl (C=O) groups is 2. The normalized spacial score (nSPS) is 14.3. The first-order valence-electron chi connectivity index (χ1n) is 15.6. The van der Waals surface area contributed by atoms with Crippen molar-refractivity contribution in [1.82, 2.24) is 5.32 Å². The van der Waals surface area contributed by atoms with E-state index in [2.05, 4.69) is 10.6 Å². The lowest BCUT2D eigenvalue weighted by Crippen LogP contribution is -2.26. The number of aromatic carboxylic acids is 1. The number of likely N-dealkylation sites (N-methyl/N-ethyl adjacent to an activating group) is 1. The van der Waals surface area contributed by atoms with Crippen molar-refractivity contribution in [1.29, 1.82) is 0 Å². The maximum absolute atomic E-state index is 15.4. The lowest BCUT2D eigenvalue weighted by Gasteiger charge is -2.24. The highest BCUT2D eigenvalue weighted by atomic mass is 19.1. The van der Waals surface area contributed by atoms with Crippen LogP contribution in [0.25, 0.3) is 11.1 Å². The molecule has 9 nitrogen and oxygen atoms in total. The van der Waals surface area contributed by atoms with Gasteiger partial charge in [-0.05, 0) is 104 Å². The smallest absolute Gasteiger partial charge is 0.335 e. The molecule has 1 heterocycles. The van der Waals surface area contributed by atoms with Crippen LogP contribution >= 0.6 is 0 Å². The molecular formula is C37H39FN2O7. The van der Waals surface area contributed by atoms with E-state index in [0.29, 0.717) is 60.2 Å². The van der Waals surface area contributed by atoms with E-state index in [-0.39, 0.29) is 29.7 Å². The van der Waals surface area contributed by atoms with Gasteiger partial charge < -0.3 is 34.7 Å². The van der Waals surface area contributed by atoms with E-state index in [0.717, 1.165) is 30.4 Å². The Morgan fingerprint density at radius 1 is 0.957 bits per heavy atom. The van der Waals surface area contributed by atoms with Gasteiger partial charge in [0.05, 0.1) is 25.2 Å². The van der Waals surface area contributed by atoms with E-state index < -0.39 is 11.8 Å². The van der Waals surface area contributed by atoms with Crippen LogP contribution in [-0.4, -0.2) is 57.0 Å². The summed E-state index contributed by atoms with van der Waals surface area (Å²) in [6.45, 7) is 1.70. The van der Waals surface area contributed by atoms with Gasteiger partial charge in [0.25, 0.3) is 0 Å². The number of halogens is 1. The molecule has 1 amide bonds. The fourth-order valence-corrected chi connectivity index (χ4v) is 5.41. The SMILES string of the molecule is CNCCc1cc(OCC2CCCCO2)c(Oc2ccc(-c3ccc(C(=O)O)cc3)c(F)c2)cc1CC(=O)Nc1cccc(OC)c1. The van der Waals surface area contributed by atoms with Gasteiger partial charge in [-0.15, -0.1) is 0 Å². The third kappa shape index (κ3) is 9.08. The summed E-state index contributed by atoms with van der Waals surface area (Å²) in [6, 6.07) is 21.3. The van der Waals surface area contributed by atoms with Crippen LogP contribution in [0.1, 0.15) is 40.7 Å². The first-order valence-corrected chi connectivity index (χ1v) is 15.6. The van der Waals surface area contributed by atoms with Crippen LogP contribution in [0.5, 0.6) is 23.0 Å². The van der Waals surface area contributed by atoms with Crippen molar-refractivity contribution < 1.29 is 38.0 Å². The van der Waals surface area contributed by atoms with E-state index >= 15 is 4.39 Å². The second-order valence-corrected chi connectivity index (χ2v) is 11.3. The number of carboxylic acid groups (broad SMARTS) is 1. The minimum Gasteiger partial charge on any atom is -0.497 e. The van der Waals surface area contributed by atoms with Crippen molar-refractivity contribution in [2.24, 2.45) is 0 Å². The molecule has 0 aromatic heterocycles. The summed E-state index contributed by atoms with van der Waals surface area (Å²) in [4.78, 5) is 24.5. The van der Waals surface area contributed by atoms with Crippen LogP contribution in [0.15, 0.2) is 78.9 Å². The molecule has 5 rings (SSSR count). The predicted molar refractivity (Wildman–Crippen MR) is 177 cm³/mol. The second-order valence-electron chi connectivity index (χ2n) is 11.3. The molecule has 3 N–H and O–H groups in total. The number of amides is 1. The van der Waals surface area contributed by atoms with E-state index in [1.165, 1.54) is 18.2 Å². The van der Waals surface area contributed by atoms with E-state index in [1.807, 2.05) is 13.1 Å². The number of nitrogens with one attached hydrogen (secondary N) is 2. The van der Waals surface area contributed by atoms with Crippen molar-refractivity contribution in [3.63, 3.8) is 0 Å². The fraction of sp³-hybridized carbons (Fsp3) is 0.297. The third-order valence-corrected chi connectivity index (χ3v) is 7.92. The van der Waals surface area contributed by atoms with Gasteiger partial charge in [-0.25, -0.2) is 9.18 Å². The molecule has 1 fully saturated rings. The van der Waals surface area contributed by atoms with Gasteiger partial charge in [-0.2, -0.15) is 0 Å². The number of ether oxygens (including phenoxy) is 4. The molecule has 1 aliphatic heterocycles. The Hall–Kier alpha value is -4.93. The Morgan fingerprint density at radius 2 is 1.77 bits per heavy atom. The Morgan fingerprint density at radius 3 is 2.47 bits per heavy atom. The van der Waals surface area contributed by atoms with Crippen LogP contribution in [-0.2, 0) is 22.4 Å². The lowest BCUT2D eigenvalue weighted by atomic mass is 10.00. The molecule has 0 radical (unpaired) electrons. The average molecular weight is 643 g/mol. The minimum absolute atomic E-state index is 0.0464. The molecule has 4 aromatic rings. The monoisotopic (exact) mass is 642 g/mol. The average Bonchev–Trinajstić information content (AvgIpc) is 3.08. The Bertz CT molecular complexity index is 1690. The number of carboxylic acids is 1. The molecule has 0 bridgehead atoms. The predicted octanol–water partition coefficient (Wildman–Crippen LogP) is 6.88. The van der Waals surface area contributed by atoms with Crippen LogP contribution in [0.4, 0.5) is 10.1 Å². The van der Waals surface area contributed by atoms with Crippen molar-refractivity contribution in [3.8, 4) is 34.1 Å². The molecule has 47 heavy (non-hydrogen) atoms. The minimum atomic E-state index is -1.05. The highest BCUT2D eigenvalue weighted by Crippen LogP contribution is 2.37. The molecule has 10 heteroatoms. The van der Waals surface area contributed by atoms with Crippen LogP contribution in [0.2, 0.25) is 0 Å². The zero-order chi connectivity index (χ0) is 33.2. The van der Waals surface area contributed by atoms with Crippen LogP contribution in [0, 0.1) is 5.82 Å². The standard InChI is InChI=1S/C37H39FN2O7/c1-39-16-15-26-18-34(46-23-31-7-3-4-17-45-31)35(19-27(26)20-36(41)40-28-6-5-8-29(21-28)44-2)47-30-13-14-32(33(38)22-30)24-9-11-25(12-10-24)37(42)43/h5-6,8-14,18-19,21-22,31,39H,3-4,7,15-17,20,23H2,1-2H3,(H,40,41)(H,42,43). The molecule has 246 valence electrons. The molecule has 0 saturated carbocycles. The number of rotatable bonds is 14. The maximum Gasteiger partial charge on any atom is 0.335 e. The topological polar surface area (TPSA) is 115 Å². The summed E-state index contributed by atoms with van der Waals surface area (Å²) in [5.41, 5.74) is 3.23. The molecule has 1 saturated heterocycles. The summed E-state index contributed by atoms with van der Waals surface area (Å²) in [5.74, 6) is -0.125. The first-order chi connectivity index (χ1) is 22.8. The summed E-state index contributed by atoms with van der Waals surface area (Å²) in [7, 11) is 3.43. The first kappa shape index (κ1) is 33.4. The maximum atomic E-state index is 15.4. The summed E-state index contributed by atoms with van der Waals surface area (Å²) in [5, 5.41) is 15.3. The molecular weight excluding hydrogens is 603 g/mol. The number of anilines is 1. The molecule has 4 aromatic carbocycles. The number of benzene rings is 4. The number of hydrogen-bond donors (Lipinski definition) is 3. The Kier molecular flexibility index (Phi) is 11.4. The lowest BCUT2D eigenvalue weighted by molar-refractivity contribution is -0.115. The number of hydrogen-bond acceptors (Lipinski definition) is 7.